The normalized spacial score (nSPS) is 10.2. The Labute approximate surface area is 86.7 Å². The maximum Gasteiger partial charge on any atom is 0.327 e. The summed E-state index contributed by atoms with van der Waals surface area (Å²) in [6.07, 6.45) is 6.19. The fraction of sp³-hybridized carbons (Fsp3) is 0.200. The zero-order valence-corrected chi connectivity index (χ0v) is 8.30. The molecule has 5 heteroatoms. The number of aryl methyl sites for hydroxylation is 1. The van der Waals surface area contributed by atoms with Gasteiger partial charge in [-0.05, 0) is 18.6 Å². The van der Waals surface area contributed by atoms with Gasteiger partial charge in [-0.1, -0.05) is 0 Å². The van der Waals surface area contributed by atoms with E-state index in [-0.39, 0.29) is 6.03 Å². The summed E-state index contributed by atoms with van der Waals surface area (Å²) in [6.45, 7) is 2.32. The van der Waals surface area contributed by atoms with Gasteiger partial charge in [0.15, 0.2) is 0 Å². The second-order valence-electron chi connectivity index (χ2n) is 3.16. The molecule has 0 spiro atoms. The van der Waals surface area contributed by atoms with Gasteiger partial charge in [0.2, 0.25) is 0 Å². The number of amides is 1. The number of rotatable bonds is 2. The molecule has 0 unspecified atom stereocenters. The fourth-order valence-corrected chi connectivity index (χ4v) is 1.21. The third kappa shape index (κ3) is 2.07. The molecule has 0 atom stereocenters. The molecule has 0 aliphatic heterocycles. The third-order valence-corrected chi connectivity index (χ3v) is 2.11. The van der Waals surface area contributed by atoms with Crippen LogP contribution in [0, 0.1) is 6.92 Å². The number of carbonyl (C=O) groups is 1. The molecule has 5 nitrogen and oxygen atoms in total. The minimum absolute atomic E-state index is 0.219. The van der Waals surface area contributed by atoms with Crippen molar-refractivity contribution in [2.75, 3.05) is 0 Å². The van der Waals surface area contributed by atoms with Crippen LogP contribution in [0.3, 0.4) is 0 Å². The molecule has 0 fully saturated rings. The Morgan fingerprint density at radius 1 is 1.67 bits per heavy atom. The lowest BCUT2D eigenvalue weighted by molar-refractivity contribution is 0.241. The van der Waals surface area contributed by atoms with Gasteiger partial charge >= 0.3 is 6.03 Å². The first kappa shape index (κ1) is 9.51. The zero-order valence-electron chi connectivity index (χ0n) is 8.30. The second kappa shape index (κ2) is 4.00. The van der Waals surface area contributed by atoms with Crippen molar-refractivity contribution in [1.29, 1.82) is 0 Å². The molecule has 0 saturated carbocycles. The number of furan rings is 1. The van der Waals surface area contributed by atoms with E-state index in [1.807, 2.05) is 13.0 Å². The Kier molecular flexibility index (Phi) is 2.53. The second-order valence-corrected chi connectivity index (χ2v) is 3.16. The molecule has 2 heterocycles. The van der Waals surface area contributed by atoms with Crippen molar-refractivity contribution >= 4 is 6.03 Å². The monoisotopic (exact) mass is 205 g/mol. The summed E-state index contributed by atoms with van der Waals surface area (Å²) in [5.74, 6) is 0.767. The first-order chi connectivity index (χ1) is 7.27. The Morgan fingerprint density at radius 3 is 3.13 bits per heavy atom. The Morgan fingerprint density at radius 2 is 2.53 bits per heavy atom. The van der Waals surface area contributed by atoms with Crippen LogP contribution >= 0.6 is 0 Å². The van der Waals surface area contributed by atoms with Crippen LogP contribution < -0.4 is 5.32 Å². The summed E-state index contributed by atoms with van der Waals surface area (Å²) in [6, 6.07) is 1.64. The molecule has 15 heavy (non-hydrogen) atoms. The molecule has 78 valence electrons. The molecular weight excluding hydrogens is 194 g/mol. The fourth-order valence-electron chi connectivity index (χ4n) is 1.21. The van der Waals surface area contributed by atoms with Crippen molar-refractivity contribution in [2.45, 2.75) is 13.5 Å². The van der Waals surface area contributed by atoms with Crippen LogP contribution in [0.4, 0.5) is 4.79 Å². The lowest BCUT2D eigenvalue weighted by atomic mass is 10.3. The van der Waals surface area contributed by atoms with Crippen molar-refractivity contribution in [3.63, 3.8) is 0 Å². The molecule has 0 aromatic carbocycles. The molecule has 1 amide bonds. The van der Waals surface area contributed by atoms with Gasteiger partial charge in [0, 0.05) is 12.4 Å². The zero-order chi connectivity index (χ0) is 10.7. The van der Waals surface area contributed by atoms with Crippen molar-refractivity contribution < 1.29 is 9.21 Å². The van der Waals surface area contributed by atoms with Crippen LogP contribution in [0.5, 0.6) is 0 Å². The van der Waals surface area contributed by atoms with Crippen LogP contribution in [0.15, 0.2) is 35.5 Å². The van der Waals surface area contributed by atoms with Gasteiger partial charge in [0.1, 0.15) is 12.1 Å². The minimum atomic E-state index is -0.219. The van der Waals surface area contributed by atoms with Gasteiger partial charge in [-0.15, -0.1) is 0 Å². The summed E-state index contributed by atoms with van der Waals surface area (Å²) in [7, 11) is 0. The molecule has 2 aromatic rings. The maximum absolute atomic E-state index is 11.5. The number of nitrogens with one attached hydrogen (secondary N) is 1. The highest BCUT2D eigenvalue weighted by molar-refractivity contribution is 5.76. The van der Waals surface area contributed by atoms with Gasteiger partial charge in [-0.3, -0.25) is 4.57 Å². The first-order valence-electron chi connectivity index (χ1n) is 4.56. The van der Waals surface area contributed by atoms with E-state index >= 15 is 0 Å². The van der Waals surface area contributed by atoms with E-state index in [0.29, 0.717) is 6.54 Å². The molecule has 0 aliphatic carbocycles. The van der Waals surface area contributed by atoms with E-state index in [0.717, 1.165) is 11.3 Å². The Bertz CT molecular complexity index is 445. The van der Waals surface area contributed by atoms with E-state index in [1.54, 1.807) is 18.7 Å². The van der Waals surface area contributed by atoms with Crippen molar-refractivity contribution in [1.82, 2.24) is 14.9 Å². The van der Waals surface area contributed by atoms with Crippen LogP contribution in [-0.4, -0.2) is 15.6 Å². The standard InChI is InChI=1S/C10H11N3O2/c1-8-2-5-15-9(8)6-12-10(14)13-4-3-11-7-13/h2-5,7H,6H2,1H3,(H,12,14). The SMILES string of the molecule is Cc1ccoc1CNC(=O)n1ccnc1. The average Bonchev–Trinajstić information content (AvgIpc) is 2.85. The van der Waals surface area contributed by atoms with E-state index in [9.17, 15) is 4.79 Å². The Hall–Kier alpha value is -2.04. The van der Waals surface area contributed by atoms with Crippen molar-refractivity contribution in [3.8, 4) is 0 Å². The largest absolute Gasteiger partial charge is 0.467 e. The van der Waals surface area contributed by atoms with E-state index < -0.39 is 0 Å². The molecule has 0 aliphatic rings. The van der Waals surface area contributed by atoms with Gasteiger partial charge in [-0.2, -0.15) is 0 Å². The van der Waals surface area contributed by atoms with Crippen molar-refractivity contribution in [3.05, 3.63) is 42.4 Å². The first-order valence-corrected chi connectivity index (χ1v) is 4.56. The number of aromatic nitrogens is 2. The highest BCUT2D eigenvalue weighted by Gasteiger charge is 2.05. The van der Waals surface area contributed by atoms with Crippen LogP contribution in [0.1, 0.15) is 11.3 Å². The predicted octanol–water partition coefficient (Wildman–Crippen LogP) is 1.54. The van der Waals surface area contributed by atoms with Gasteiger partial charge in [-0.25, -0.2) is 9.78 Å². The van der Waals surface area contributed by atoms with Crippen LogP contribution in [0.25, 0.3) is 0 Å². The van der Waals surface area contributed by atoms with Crippen molar-refractivity contribution in [2.24, 2.45) is 0 Å². The molecule has 1 N–H and O–H groups in total. The maximum atomic E-state index is 11.5. The Balaban J connectivity index is 1.95. The van der Waals surface area contributed by atoms with E-state index in [4.69, 9.17) is 4.42 Å². The summed E-state index contributed by atoms with van der Waals surface area (Å²) in [5.41, 5.74) is 1.03. The minimum Gasteiger partial charge on any atom is -0.467 e. The molecule has 0 radical (unpaired) electrons. The third-order valence-electron chi connectivity index (χ3n) is 2.11. The highest BCUT2D eigenvalue weighted by atomic mass is 16.3. The molecule has 2 rings (SSSR count). The molecular formula is C10H11N3O2. The summed E-state index contributed by atoms with van der Waals surface area (Å²) in [4.78, 5) is 15.3. The lowest BCUT2D eigenvalue weighted by Crippen LogP contribution is -2.27. The predicted molar refractivity (Wildman–Crippen MR) is 53.3 cm³/mol. The number of imidazole rings is 1. The summed E-state index contributed by atoms with van der Waals surface area (Å²) >= 11 is 0. The average molecular weight is 205 g/mol. The summed E-state index contributed by atoms with van der Waals surface area (Å²) in [5, 5.41) is 2.72. The van der Waals surface area contributed by atoms with Gasteiger partial charge in [0.25, 0.3) is 0 Å². The molecule has 2 aromatic heterocycles. The number of hydrogen-bond acceptors (Lipinski definition) is 3. The van der Waals surface area contributed by atoms with Crippen LogP contribution in [-0.2, 0) is 6.54 Å². The summed E-state index contributed by atoms with van der Waals surface area (Å²) < 4.78 is 6.57. The topological polar surface area (TPSA) is 60.1 Å². The van der Waals surface area contributed by atoms with Gasteiger partial charge in [0.05, 0.1) is 12.8 Å². The molecule has 0 bridgehead atoms. The number of carbonyl (C=O) groups excluding carboxylic acids is 1. The lowest BCUT2D eigenvalue weighted by Gasteiger charge is -2.03. The number of nitrogens with zero attached hydrogens (tertiary/aromatic N) is 2. The molecule has 0 saturated heterocycles. The highest BCUT2D eigenvalue weighted by Crippen LogP contribution is 2.07. The number of hydrogen-bond donors (Lipinski definition) is 1. The quantitative estimate of drug-likeness (QED) is 0.809. The van der Waals surface area contributed by atoms with E-state index in [2.05, 4.69) is 10.3 Å². The smallest absolute Gasteiger partial charge is 0.327 e. The van der Waals surface area contributed by atoms with E-state index in [1.165, 1.54) is 10.9 Å². The van der Waals surface area contributed by atoms with Crippen LogP contribution in [0.2, 0.25) is 0 Å². The van der Waals surface area contributed by atoms with Gasteiger partial charge < -0.3 is 9.73 Å².